The van der Waals surface area contributed by atoms with Gasteiger partial charge in [-0.2, -0.15) is 4.31 Å². The first-order valence-electron chi connectivity index (χ1n) is 10.6. The lowest BCUT2D eigenvalue weighted by molar-refractivity contribution is -0.117. The first-order valence-corrected chi connectivity index (χ1v) is 12.0. The highest BCUT2D eigenvalue weighted by atomic mass is 32.2. The van der Waals surface area contributed by atoms with Crippen molar-refractivity contribution in [2.24, 2.45) is 0 Å². The number of nitrogens with zero attached hydrogens (tertiary/aromatic N) is 3. The first-order chi connectivity index (χ1) is 14.9. The molecule has 2 heterocycles. The highest BCUT2D eigenvalue weighted by Crippen LogP contribution is 2.27. The van der Waals surface area contributed by atoms with Crippen LogP contribution in [0, 0.1) is 0 Å². The molecule has 1 amide bonds. The minimum absolute atomic E-state index is 0.174. The molecule has 2 aromatic carbocycles. The molecule has 4 rings (SSSR count). The normalized spacial score (nSPS) is 18.3. The van der Waals surface area contributed by atoms with Crippen molar-refractivity contribution in [3.8, 4) is 5.75 Å². The van der Waals surface area contributed by atoms with E-state index < -0.39 is 10.0 Å². The lowest BCUT2D eigenvalue weighted by Crippen LogP contribution is -2.48. The number of para-hydroxylation sites is 2. The first kappa shape index (κ1) is 21.6. The quantitative estimate of drug-likeness (QED) is 0.707. The number of aromatic hydroxyl groups is 1. The number of phenols is 1. The van der Waals surface area contributed by atoms with Crippen LogP contribution in [0.4, 0.5) is 11.4 Å². The summed E-state index contributed by atoms with van der Waals surface area (Å²) in [6.07, 6.45) is 1.76. The van der Waals surface area contributed by atoms with E-state index in [0.717, 1.165) is 18.5 Å². The molecule has 2 aromatic rings. The van der Waals surface area contributed by atoms with E-state index in [4.69, 9.17) is 0 Å². The van der Waals surface area contributed by atoms with Gasteiger partial charge in [0.15, 0.2) is 0 Å². The third-order valence-electron chi connectivity index (χ3n) is 5.78. The van der Waals surface area contributed by atoms with Crippen LogP contribution in [0.5, 0.6) is 5.75 Å². The molecule has 0 saturated carbocycles. The summed E-state index contributed by atoms with van der Waals surface area (Å²) >= 11 is 0. The van der Waals surface area contributed by atoms with Crippen LogP contribution in [0.15, 0.2) is 53.4 Å². The van der Waals surface area contributed by atoms with Gasteiger partial charge >= 0.3 is 0 Å². The molecule has 0 radical (unpaired) electrons. The van der Waals surface area contributed by atoms with Crippen molar-refractivity contribution in [2.75, 3.05) is 56.0 Å². The number of benzene rings is 2. The van der Waals surface area contributed by atoms with Crippen LogP contribution in [-0.2, 0) is 14.8 Å². The Morgan fingerprint density at radius 1 is 0.935 bits per heavy atom. The summed E-state index contributed by atoms with van der Waals surface area (Å²) in [5.41, 5.74) is 1.29. The SMILES string of the molecule is O=C(CN1CCN(c2ccccc2O)CC1)Nc1cccc(S(=O)(=O)N2CCCC2)c1. The Morgan fingerprint density at radius 3 is 2.35 bits per heavy atom. The Morgan fingerprint density at radius 2 is 1.65 bits per heavy atom. The minimum Gasteiger partial charge on any atom is -0.506 e. The number of carbonyl (C=O) groups excluding carboxylic acids is 1. The predicted octanol–water partition coefficient (Wildman–Crippen LogP) is 1.94. The van der Waals surface area contributed by atoms with E-state index in [2.05, 4.69) is 15.1 Å². The van der Waals surface area contributed by atoms with E-state index >= 15 is 0 Å². The molecule has 8 nitrogen and oxygen atoms in total. The number of hydrogen-bond acceptors (Lipinski definition) is 6. The molecule has 2 aliphatic rings. The van der Waals surface area contributed by atoms with Gasteiger partial charge in [-0.3, -0.25) is 9.69 Å². The lowest BCUT2D eigenvalue weighted by Gasteiger charge is -2.35. The van der Waals surface area contributed by atoms with Gasteiger partial charge in [-0.25, -0.2) is 8.42 Å². The molecule has 0 atom stereocenters. The van der Waals surface area contributed by atoms with Gasteiger partial charge in [0, 0.05) is 45.0 Å². The highest BCUT2D eigenvalue weighted by molar-refractivity contribution is 7.89. The summed E-state index contributed by atoms with van der Waals surface area (Å²) in [7, 11) is -3.51. The number of rotatable bonds is 6. The van der Waals surface area contributed by atoms with Crippen molar-refractivity contribution in [3.05, 3.63) is 48.5 Å². The molecule has 0 aromatic heterocycles. The number of hydrogen-bond donors (Lipinski definition) is 2. The van der Waals surface area contributed by atoms with E-state index in [1.807, 2.05) is 12.1 Å². The van der Waals surface area contributed by atoms with Gasteiger partial charge in [-0.05, 0) is 43.2 Å². The second-order valence-electron chi connectivity index (χ2n) is 7.94. The Balaban J connectivity index is 1.32. The molecule has 166 valence electrons. The van der Waals surface area contributed by atoms with Crippen LogP contribution in [0.2, 0.25) is 0 Å². The number of sulfonamides is 1. The Kier molecular flexibility index (Phi) is 6.45. The summed E-state index contributed by atoms with van der Waals surface area (Å²) in [5, 5.41) is 12.8. The van der Waals surface area contributed by atoms with Crippen molar-refractivity contribution >= 4 is 27.3 Å². The number of nitrogens with one attached hydrogen (secondary N) is 1. The molecule has 2 aliphatic heterocycles. The summed E-state index contributed by atoms with van der Waals surface area (Å²) in [6, 6.07) is 13.7. The third kappa shape index (κ3) is 5.00. The molecular weight excluding hydrogens is 416 g/mol. The fraction of sp³-hybridized carbons (Fsp3) is 0.409. The van der Waals surface area contributed by atoms with Crippen molar-refractivity contribution < 1.29 is 18.3 Å². The van der Waals surface area contributed by atoms with E-state index in [-0.39, 0.29) is 23.1 Å². The zero-order chi connectivity index (χ0) is 21.8. The van der Waals surface area contributed by atoms with Crippen LogP contribution >= 0.6 is 0 Å². The number of piperazine rings is 1. The minimum atomic E-state index is -3.51. The van der Waals surface area contributed by atoms with E-state index in [1.54, 1.807) is 30.3 Å². The largest absolute Gasteiger partial charge is 0.506 e. The maximum atomic E-state index is 12.7. The Bertz CT molecular complexity index is 1030. The van der Waals surface area contributed by atoms with Crippen LogP contribution in [-0.4, -0.2) is 74.4 Å². The van der Waals surface area contributed by atoms with Gasteiger partial charge < -0.3 is 15.3 Å². The summed E-state index contributed by atoms with van der Waals surface area (Å²) in [5.74, 6) is 0.0872. The van der Waals surface area contributed by atoms with Gasteiger partial charge in [0.25, 0.3) is 0 Å². The van der Waals surface area contributed by atoms with Crippen LogP contribution in [0.1, 0.15) is 12.8 Å². The average Bonchev–Trinajstić information content (AvgIpc) is 3.31. The van der Waals surface area contributed by atoms with Crippen molar-refractivity contribution in [2.45, 2.75) is 17.7 Å². The lowest BCUT2D eigenvalue weighted by atomic mass is 10.2. The fourth-order valence-electron chi connectivity index (χ4n) is 4.09. The zero-order valence-corrected chi connectivity index (χ0v) is 18.2. The standard InChI is InChI=1S/C22H28N4O4S/c27-21-9-2-1-8-20(21)25-14-12-24(13-15-25)17-22(28)23-18-6-5-7-19(16-18)31(29,30)26-10-3-4-11-26/h1-2,5-9,16,27H,3-4,10-15,17H2,(H,23,28). The number of anilines is 2. The maximum absolute atomic E-state index is 12.7. The molecule has 9 heteroatoms. The molecule has 0 spiro atoms. The van der Waals surface area contributed by atoms with Gasteiger partial charge in [0.05, 0.1) is 17.1 Å². The second-order valence-corrected chi connectivity index (χ2v) is 9.88. The predicted molar refractivity (Wildman–Crippen MR) is 120 cm³/mol. The van der Waals surface area contributed by atoms with Crippen molar-refractivity contribution in [1.29, 1.82) is 0 Å². The number of phenolic OH excluding ortho intramolecular Hbond substituents is 1. The van der Waals surface area contributed by atoms with Crippen molar-refractivity contribution in [1.82, 2.24) is 9.21 Å². The molecule has 2 saturated heterocycles. The van der Waals surface area contributed by atoms with E-state index in [1.165, 1.54) is 10.4 Å². The zero-order valence-electron chi connectivity index (χ0n) is 17.4. The van der Waals surface area contributed by atoms with Crippen LogP contribution < -0.4 is 10.2 Å². The van der Waals surface area contributed by atoms with Gasteiger partial charge in [0.1, 0.15) is 5.75 Å². The number of amides is 1. The highest BCUT2D eigenvalue weighted by Gasteiger charge is 2.27. The van der Waals surface area contributed by atoms with Crippen LogP contribution in [0.25, 0.3) is 0 Å². The molecule has 2 fully saturated rings. The van der Waals surface area contributed by atoms with Crippen LogP contribution in [0.3, 0.4) is 0 Å². The van der Waals surface area contributed by atoms with Gasteiger partial charge in [0.2, 0.25) is 15.9 Å². The number of carbonyl (C=O) groups is 1. The fourth-order valence-corrected chi connectivity index (χ4v) is 5.66. The average molecular weight is 445 g/mol. The molecular formula is C22H28N4O4S. The summed E-state index contributed by atoms with van der Waals surface area (Å²) < 4.78 is 27.0. The molecule has 31 heavy (non-hydrogen) atoms. The molecule has 0 aliphatic carbocycles. The summed E-state index contributed by atoms with van der Waals surface area (Å²) in [6.45, 7) is 4.16. The monoisotopic (exact) mass is 444 g/mol. The maximum Gasteiger partial charge on any atom is 0.243 e. The second kappa shape index (κ2) is 9.25. The Labute approximate surface area is 183 Å². The molecule has 0 bridgehead atoms. The van der Waals surface area contributed by atoms with Crippen molar-refractivity contribution in [3.63, 3.8) is 0 Å². The van der Waals surface area contributed by atoms with E-state index in [9.17, 15) is 18.3 Å². The Hall–Kier alpha value is -2.62. The molecule has 0 unspecified atom stereocenters. The smallest absolute Gasteiger partial charge is 0.243 e. The molecule has 2 N–H and O–H groups in total. The van der Waals surface area contributed by atoms with E-state index in [0.29, 0.717) is 45.0 Å². The summed E-state index contributed by atoms with van der Waals surface area (Å²) in [4.78, 5) is 16.9. The third-order valence-corrected chi connectivity index (χ3v) is 7.68. The van der Waals surface area contributed by atoms with Gasteiger partial charge in [-0.1, -0.05) is 18.2 Å². The van der Waals surface area contributed by atoms with Gasteiger partial charge in [-0.15, -0.1) is 0 Å². The topological polar surface area (TPSA) is 93.2 Å².